The number of nitrogens with zero attached hydrogens (tertiary/aromatic N) is 1. The molecule has 11 heteroatoms. The molecule has 2 aromatic carbocycles. The van der Waals surface area contributed by atoms with E-state index in [4.69, 9.17) is 5.73 Å². The minimum atomic E-state index is -0.816. The van der Waals surface area contributed by atoms with Crippen molar-refractivity contribution in [2.24, 2.45) is 17.6 Å². The molecule has 6 rings (SSSR count). The number of anilines is 1. The highest BCUT2D eigenvalue weighted by atomic mass is 16.2. The highest BCUT2D eigenvalue weighted by Gasteiger charge is 2.29. The number of aromatic amines is 2. The lowest BCUT2D eigenvalue weighted by atomic mass is 9.81. The van der Waals surface area contributed by atoms with Gasteiger partial charge in [0.25, 0.3) is 5.91 Å². The molecule has 0 radical (unpaired) electrons. The summed E-state index contributed by atoms with van der Waals surface area (Å²) in [6.45, 7) is 2.52. The smallest absolute Gasteiger partial charge is 0.323 e. The van der Waals surface area contributed by atoms with E-state index in [-0.39, 0.29) is 41.8 Å². The lowest BCUT2D eigenvalue weighted by Gasteiger charge is -2.28. The summed E-state index contributed by atoms with van der Waals surface area (Å²) in [5, 5.41) is 8.98. The Morgan fingerprint density at radius 3 is 2.35 bits per heavy atom. The number of carbonyl (C=O) groups is 3. The fraction of sp³-hybridized carbons (Fsp3) is 0.400. The summed E-state index contributed by atoms with van der Waals surface area (Å²) in [4.78, 5) is 61.2. The number of aromatic nitrogens is 3. The van der Waals surface area contributed by atoms with Gasteiger partial charge in [-0.25, -0.2) is 9.78 Å². The lowest BCUT2D eigenvalue weighted by molar-refractivity contribution is -0.130. The van der Waals surface area contributed by atoms with Crippen molar-refractivity contribution >= 4 is 34.4 Å². The molecule has 0 aliphatic heterocycles. The van der Waals surface area contributed by atoms with Crippen LogP contribution in [0.5, 0.6) is 0 Å². The van der Waals surface area contributed by atoms with Crippen LogP contribution in [0.3, 0.4) is 0 Å². The van der Waals surface area contributed by atoms with Gasteiger partial charge >= 0.3 is 5.69 Å². The van der Waals surface area contributed by atoms with Crippen molar-refractivity contribution in [3.63, 3.8) is 0 Å². The summed E-state index contributed by atoms with van der Waals surface area (Å²) in [5.74, 6) is -0.330. The molecule has 46 heavy (non-hydrogen) atoms. The quantitative estimate of drug-likeness (QED) is 0.156. The second-order valence-corrected chi connectivity index (χ2v) is 12.7. The zero-order valence-electron chi connectivity index (χ0n) is 26.0. The molecular weight excluding hydrogens is 582 g/mol. The van der Waals surface area contributed by atoms with Crippen LogP contribution in [0.4, 0.5) is 5.69 Å². The third kappa shape index (κ3) is 7.20. The van der Waals surface area contributed by atoms with Crippen molar-refractivity contribution in [2.45, 2.75) is 70.4 Å². The van der Waals surface area contributed by atoms with Gasteiger partial charge in [0.15, 0.2) is 0 Å². The highest BCUT2D eigenvalue weighted by Crippen LogP contribution is 2.29. The minimum absolute atomic E-state index is 0.124. The molecule has 2 saturated carbocycles. The van der Waals surface area contributed by atoms with Gasteiger partial charge in [0.1, 0.15) is 11.7 Å². The first-order valence-corrected chi connectivity index (χ1v) is 16.2. The Hall–Kier alpha value is -4.77. The molecule has 2 aliphatic carbocycles. The van der Waals surface area contributed by atoms with Gasteiger partial charge in [-0.05, 0) is 99.7 Å². The lowest BCUT2D eigenvalue weighted by Crippen LogP contribution is -2.48. The third-order valence-corrected chi connectivity index (χ3v) is 9.43. The van der Waals surface area contributed by atoms with Crippen molar-refractivity contribution < 1.29 is 14.4 Å². The summed E-state index contributed by atoms with van der Waals surface area (Å²) < 4.78 is 0. The fourth-order valence-electron chi connectivity index (χ4n) is 6.36. The predicted molar refractivity (Wildman–Crippen MR) is 177 cm³/mol. The Kier molecular flexibility index (Phi) is 9.30. The first-order valence-electron chi connectivity index (χ1n) is 16.2. The topological polar surface area (TPSA) is 175 Å². The second kappa shape index (κ2) is 13.7. The molecule has 1 atom stereocenters. The normalized spacial score (nSPS) is 18.8. The van der Waals surface area contributed by atoms with Gasteiger partial charge in [-0.2, -0.15) is 0 Å². The Balaban J connectivity index is 1.17. The van der Waals surface area contributed by atoms with Crippen LogP contribution in [-0.2, 0) is 16.0 Å². The summed E-state index contributed by atoms with van der Waals surface area (Å²) in [5.41, 5.74) is 11.1. The maximum absolute atomic E-state index is 13.6. The summed E-state index contributed by atoms with van der Waals surface area (Å²) in [7, 11) is 0. The van der Waals surface area contributed by atoms with E-state index in [0.717, 1.165) is 67.3 Å². The van der Waals surface area contributed by atoms with E-state index in [9.17, 15) is 19.2 Å². The Morgan fingerprint density at radius 1 is 0.935 bits per heavy atom. The molecule has 2 heterocycles. The van der Waals surface area contributed by atoms with E-state index in [1.807, 2.05) is 37.3 Å². The molecule has 0 bridgehead atoms. The molecule has 1 unspecified atom stereocenters. The minimum Gasteiger partial charge on any atom is -0.348 e. The van der Waals surface area contributed by atoms with Crippen molar-refractivity contribution in [3.8, 4) is 11.1 Å². The van der Waals surface area contributed by atoms with E-state index >= 15 is 0 Å². The average molecular weight is 624 g/mol. The number of amides is 3. The molecule has 11 nitrogen and oxygen atoms in total. The van der Waals surface area contributed by atoms with Crippen molar-refractivity contribution in [2.75, 3.05) is 11.9 Å². The Morgan fingerprint density at radius 2 is 1.67 bits per heavy atom. The van der Waals surface area contributed by atoms with Crippen molar-refractivity contribution in [1.82, 2.24) is 25.6 Å². The zero-order valence-corrected chi connectivity index (χ0v) is 26.0. The Labute approximate surface area is 267 Å². The zero-order chi connectivity index (χ0) is 32.2. The maximum atomic E-state index is 13.6. The molecular formula is C35H41N7O4. The number of imidazole rings is 1. The molecule has 2 fully saturated rings. The molecule has 7 N–H and O–H groups in total. The number of hydrogen-bond donors (Lipinski definition) is 6. The van der Waals surface area contributed by atoms with Crippen LogP contribution in [0, 0.1) is 18.8 Å². The first-order chi connectivity index (χ1) is 22.2. The second-order valence-electron chi connectivity index (χ2n) is 12.7. The number of carbonyl (C=O) groups excluding carboxylic acids is 3. The van der Waals surface area contributed by atoms with Crippen LogP contribution in [0.2, 0.25) is 0 Å². The number of benzene rings is 2. The van der Waals surface area contributed by atoms with Gasteiger partial charge in [-0.15, -0.1) is 0 Å². The van der Waals surface area contributed by atoms with E-state index in [1.165, 1.54) is 0 Å². The van der Waals surface area contributed by atoms with E-state index < -0.39 is 6.04 Å². The molecule has 0 saturated heterocycles. The highest BCUT2D eigenvalue weighted by molar-refractivity contribution is 5.99. The van der Waals surface area contributed by atoms with Crippen LogP contribution < -0.4 is 27.4 Å². The SMILES string of the molecule is Cc1nc(C(=O)NC2CCC2)ccc1-c1ccc(CC(NC(=O)C2CCC(CN)CC2)C(=O)Nc2ccc3[nH]c(=O)[nH]c3c2)cc1. The van der Waals surface area contributed by atoms with Crippen LogP contribution in [0.1, 0.15) is 66.7 Å². The van der Waals surface area contributed by atoms with Gasteiger partial charge in [0.05, 0.1) is 11.0 Å². The van der Waals surface area contributed by atoms with E-state index in [1.54, 1.807) is 24.3 Å². The van der Waals surface area contributed by atoms with Crippen LogP contribution in [0.15, 0.2) is 59.4 Å². The van der Waals surface area contributed by atoms with Crippen LogP contribution in [0.25, 0.3) is 22.2 Å². The number of nitrogens with two attached hydrogens (primary N) is 1. The van der Waals surface area contributed by atoms with Gasteiger partial charge in [0, 0.05) is 35.3 Å². The summed E-state index contributed by atoms with van der Waals surface area (Å²) in [6.07, 6.45) is 6.78. The van der Waals surface area contributed by atoms with Crippen molar-refractivity contribution in [3.05, 3.63) is 82.0 Å². The average Bonchev–Trinajstić information content (AvgIpc) is 3.42. The number of H-pyrrole nitrogens is 2. The largest absolute Gasteiger partial charge is 0.348 e. The summed E-state index contributed by atoms with van der Waals surface area (Å²) in [6, 6.07) is 16.0. The fourth-order valence-corrected chi connectivity index (χ4v) is 6.36. The van der Waals surface area contributed by atoms with Crippen LogP contribution >= 0.6 is 0 Å². The molecule has 2 aromatic heterocycles. The third-order valence-electron chi connectivity index (χ3n) is 9.43. The van der Waals surface area contributed by atoms with E-state index in [0.29, 0.717) is 34.9 Å². The standard InChI is InChI=1S/C35H41N7O4/c1-20-27(14-16-29(37-20)33(44)38-25-3-2-4-25)23-9-5-21(6-10-23)17-31(40-32(43)24-11-7-22(19-36)8-12-24)34(45)39-26-13-15-28-30(18-26)42-35(46)41-28/h5-6,9-10,13-16,18,22,24-25,31H,2-4,7-8,11-12,17,19,36H2,1H3,(H,38,44)(H,39,45)(H,40,43)(H2,41,42,46). The maximum Gasteiger partial charge on any atom is 0.323 e. The Bertz CT molecular complexity index is 1780. The molecule has 240 valence electrons. The molecule has 0 spiro atoms. The van der Waals surface area contributed by atoms with Gasteiger partial charge in [0.2, 0.25) is 11.8 Å². The molecule has 2 aliphatic rings. The monoisotopic (exact) mass is 623 g/mol. The number of aryl methyl sites for hydroxylation is 1. The van der Waals surface area contributed by atoms with Gasteiger partial charge < -0.3 is 31.7 Å². The summed E-state index contributed by atoms with van der Waals surface area (Å²) >= 11 is 0. The number of hydrogen-bond acceptors (Lipinski definition) is 6. The first kappa shape index (κ1) is 31.2. The van der Waals surface area contributed by atoms with Gasteiger partial charge in [-0.3, -0.25) is 14.4 Å². The van der Waals surface area contributed by atoms with Crippen molar-refractivity contribution in [1.29, 1.82) is 0 Å². The van der Waals surface area contributed by atoms with Crippen LogP contribution in [-0.4, -0.2) is 51.3 Å². The van der Waals surface area contributed by atoms with Gasteiger partial charge in [-0.1, -0.05) is 30.3 Å². The number of pyridine rings is 1. The molecule has 4 aromatic rings. The predicted octanol–water partition coefficient (Wildman–Crippen LogP) is 3.94. The number of nitrogens with one attached hydrogen (secondary N) is 5. The number of fused-ring (bicyclic) bond motifs is 1. The molecule has 3 amide bonds. The number of rotatable bonds is 10. The van der Waals surface area contributed by atoms with E-state index in [2.05, 4.69) is 30.9 Å².